The first-order valence-electron chi connectivity index (χ1n) is 19.7. The largest absolute Gasteiger partial charge is 0.392 e. The maximum Gasteiger partial charge on any atom is 0.238 e. The van der Waals surface area contributed by atoms with Gasteiger partial charge in [-0.25, -0.2) is 14.4 Å². The molecule has 2 saturated heterocycles. The summed E-state index contributed by atoms with van der Waals surface area (Å²) in [6.45, 7) is 7.42. The molecule has 1 spiro atoms. The molecule has 2 saturated carbocycles. The van der Waals surface area contributed by atoms with Crippen molar-refractivity contribution in [3.8, 4) is 11.3 Å². The van der Waals surface area contributed by atoms with Crippen molar-refractivity contribution in [3.63, 3.8) is 0 Å². The van der Waals surface area contributed by atoms with E-state index in [1.54, 1.807) is 18.6 Å². The minimum absolute atomic E-state index is 0.0310. The number of rotatable bonds is 7. The van der Waals surface area contributed by atoms with E-state index in [0.29, 0.717) is 49.9 Å². The Hall–Kier alpha value is -4.42. The molecule has 278 valence electrons. The monoisotopic (exact) mass is 720 g/mol. The molecule has 2 N–H and O–H groups in total. The fourth-order valence-corrected chi connectivity index (χ4v) is 9.81. The maximum atomic E-state index is 14.9. The number of imidazole rings is 1. The van der Waals surface area contributed by atoms with Crippen LogP contribution in [0.15, 0.2) is 49.1 Å². The van der Waals surface area contributed by atoms with Crippen LogP contribution < -0.4 is 10.2 Å². The number of carbonyl (C=O) groups is 2. The van der Waals surface area contributed by atoms with Crippen LogP contribution in [0.4, 0.5) is 21.6 Å². The number of pyridine rings is 2. The molecule has 4 fully saturated rings. The SMILES string of the molecule is CC(C)n1cnc2cc(-c3ccc4c(c3)N([C@H]3C[C@@H](N5CCCCC5)C3)C(=O)C43CCN(C(=O)[C@@H]4CCC[C@@H]4O)CC3)nc(Nc3ccncc3F)c21. The average molecular weight is 721 g/mol. The summed E-state index contributed by atoms with van der Waals surface area (Å²) in [7, 11) is 0. The molecule has 11 nitrogen and oxygen atoms in total. The van der Waals surface area contributed by atoms with Gasteiger partial charge in [0.1, 0.15) is 5.52 Å². The van der Waals surface area contributed by atoms with Gasteiger partial charge in [0.2, 0.25) is 11.8 Å². The highest BCUT2D eigenvalue weighted by Gasteiger charge is 2.56. The number of aliphatic hydroxyl groups excluding tert-OH is 1. The predicted octanol–water partition coefficient (Wildman–Crippen LogP) is 6.34. The molecule has 2 amide bonds. The number of nitrogens with zero attached hydrogens (tertiary/aromatic N) is 7. The fraction of sp³-hybridized carbons (Fsp3) is 0.537. The first kappa shape index (κ1) is 34.4. The molecule has 3 aliphatic heterocycles. The van der Waals surface area contributed by atoms with Crippen molar-refractivity contribution in [1.29, 1.82) is 0 Å². The third kappa shape index (κ3) is 5.80. The van der Waals surface area contributed by atoms with E-state index in [-0.39, 0.29) is 35.5 Å². The number of aliphatic hydroxyl groups is 1. The number of anilines is 3. The van der Waals surface area contributed by atoms with Crippen molar-refractivity contribution >= 4 is 40.0 Å². The summed E-state index contributed by atoms with van der Waals surface area (Å²) >= 11 is 0. The number of likely N-dealkylation sites (tertiary alicyclic amines) is 2. The third-order valence-corrected chi connectivity index (χ3v) is 12.9. The van der Waals surface area contributed by atoms with E-state index in [0.717, 1.165) is 66.6 Å². The summed E-state index contributed by atoms with van der Waals surface area (Å²) < 4.78 is 16.9. The van der Waals surface area contributed by atoms with E-state index in [1.807, 2.05) is 21.6 Å². The molecular weight excluding hydrogens is 672 g/mol. The Morgan fingerprint density at radius 2 is 1.79 bits per heavy atom. The van der Waals surface area contributed by atoms with Gasteiger partial charge in [-0.2, -0.15) is 0 Å². The van der Waals surface area contributed by atoms with Gasteiger partial charge in [-0.3, -0.25) is 14.6 Å². The highest BCUT2D eigenvalue weighted by Crippen LogP contribution is 2.52. The Balaban J connectivity index is 1.08. The maximum absolute atomic E-state index is 14.9. The van der Waals surface area contributed by atoms with E-state index in [4.69, 9.17) is 9.97 Å². The molecular formula is C41H49FN8O3. The molecule has 0 bridgehead atoms. The predicted molar refractivity (Wildman–Crippen MR) is 201 cm³/mol. The van der Waals surface area contributed by atoms with Gasteiger partial charge in [-0.05, 0) is 108 Å². The fourth-order valence-electron chi connectivity index (χ4n) is 9.81. The van der Waals surface area contributed by atoms with Crippen molar-refractivity contribution < 1.29 is 19.1 Å². The number of nitrogens with one attached hydrogen (secondary N) is 1. The minimum atomic E-state index is -0.700. The molecule has 0 unspecified atom stereocenters. The Kier molecular flexibility index (Phi) is 8.72. The van der Waals surface area contributed by atoms with Gasteiger partial charge in [-0.1, -0.05) is 18.6 Å². The molecule has 9 rings (SSSR count). The molecule has 2 atom stereocenters. The minimum Gasteiger partial charge on any atom is -0.392 e. The Morgan fingerprint density at radius 3 is 2.51 bits per heavy atom. The summed E-state index contributed by atoms with van der Waals surface area (Å²) in [5.74, 6) is -0.136. The van der Waals surface area contributed by atoms with E-state index in [9.17, 15) is 19.1 Å². The molecule has 53 heavy (non-hydrogen) atoms. The number of hydrogen-bond donors (Lipinski definition) is 2. The van der Waals surface area contributed by atoms with E-state index in [1.165, 1.54) is 25.5 Å². The zero-order chi connectivity index (χ0) is 36.4. The van der Waals surface area contributed by atoms with Crippen molar-refractivity contribution in [3.05, 3.63) is 60.4 Å². The van der Waals surface area contributed by atoms with Gasteiger partial charge in [0, 0.05) is 48.7 Å². The number of piperidine rings is 2. The van der Waals surface area contributed by atoms with Crippen LogP contribution in [-0.4, -0.2) is 90.6 Å². The van der Waals surface area contributed by atoms with Crippen LogP contribution >= 0.6 is 0 Å². The standard InChI is InChI=1S/C41H49FN8O3/c1-25(2)49-24-44-34-22-33(46-38(37(34)49)45-32-11-14-43-23-31(32)42)26-9-10-30-35(19-26)50(28-20-27(21-28)47-15-4-3-5-16-47)40(53)41(30)12-17-48(18-13-41)39(52)29-7-6-8-36(29)51/h9-11,14,19,22-25,27-29,36,51H,3-8,12-13,15-18,20-21H2,1-2H3,(H,43,45,46)/t27-,28+,29-,36+/m1/s1. The number of benzene rings is 1. The normalized spacial score (nSPS) is 25.7. The summed E-state index contributed by atoms with van der Waals surface area (Å²) in [5, 5.41) is 13.7. The second-order valence-corrected chi connectivity index (χ2v) is 16.2. The first-order chi connectivity index (χ1) is 25.7. The van der Waals surface area contributed by atoms with Crippen LogP contribution in [0.2, 0.25) is 0 Å². The second kappa shape index (κ2) is 13.5. The third-order valence-electron chi connectivity index (χ3n) is 12.9. The van der Waals surface area contributed by atoms with Gasteiger partial charge >= 0.3 is 0 Å². The second-order valence-electron chi connectivity index (χ2n) is 16.2. The van der Waals surface area contributed by atoms with Gasteiger partial charge in [-0.15, -0.1) is 0 Å². The molecule has 12 heteroatoms. The van der Waals surface area contributed by atoms with Crippen molar-refractivity contribution in [1.82, 2.24) is 29.3 Å². The van der Waals surface area contributed by atoms with Crippen LogP contribution in [0.1, 0.15) is 89.7 Å². The lowest BCUT2D eigenvalue weighted by Gasteiger charge is -2.48. The number of aromatic nitrogens is 4. The Bertz CT molecular complexity index is 2050. The lowest BCUT2D eigenvalue weighted by atomic mass is 9.73. The molecule has 2 aliphatic carbocycles. The molecule has 3 aromatic heterocycles. The van der Waals surface area contributed by atoms with Crippen LogP contribution in [0, 0.1) is 11.7 Å². The molecule has 0 radical (unpaired) electrons. The topological polar surface area (TPSA) is 120 Å². The van der Waals surface area contributed by atoms with Gasteiger partial charge in [0.15, 0.2) is 11.6 Å². The smallest absolute Gasteiger partial charge is 0.238 e. The summed E-state index contributed by atoms with van der Waals surface area (Å²) in [5.41, 5.74) is 4.58. The number of halogens is 1. The average Bonchev–Trinajstić information content (AvgIpc) is 3.85. The highest BCUT2D eigenvalue weighted by molar-refractivity contribution is 6.09. The van der Waals surface area contributed by atoms with Gasteiger partial charge in [0.25, 0.3) is 0 Å². The van der Waals surface area contributed by atoms with Gasteiger partial charge in [0.05, 0.1) is 46.9 Å². The quantitative estimate of drug-likeness (QED) is 0.227. The van der Waals surface area contributed by atoms with E-state index >= 15 is 0 Å². The van der Waals surface area contributed by atoms with Crippen LogP contribution in [0.25, 0.3) is 22.3 Å². The van der Waals surface area contributed by atoms with Crippen LogP contribution in [0.5, 0.6) is 0 Å². The molecule has 6 heterocycles. The van der Waals surface area contributed by atoms with Crippen molar-refractivity contribution in [2.75, 3.05) is 36.4 Å². The summed E-state index contributed by atoms with van der Waals surface area (Å²) in [4.78, 5) is 48.7. The van der Waals surface area contributed by atoms with Gasteiger partial charge < -0.3 is 29.7 Å². The lowest BCUT2D eigenvalue weighted by Crippen LogP contribution is -2.58. The first-order valence-corrected chi connectivity index (χ1v) is 19.7. The highest BCUT2D eigenvalue weighted by atomic mass is 19.1. The molecule has 5 aliphatic rings. The molecule has 4 aromatic rings. The van der Waals surface area contributed by atoms with E-state index in [2.05, 4.69) is 46.1 Å². The lowest BCUT2D eigenvalue weighted by molar-refractivity contribution is -0.141. The Morgan fingerprint density at radius 1 is 1.00 bits per heavy atom. The van der Waals surface area contributed by atoms with Crippen LogP contribution in [0.3, 0.4) is 0 Å². The Labute approximate surface area is 309 Å². The number of amides is 2. The number of fused-ring (bicyclic) bond motifs is 3. The zero-order valence-corrected chi connectivity index (χ0v) is 30.7. The number of carbonyl (C=O) groups excluding carboxylic acids is 2. The summed E-state index contributed by atoms with van der Waals surface area (Å²) in [6.07, 6.45) is 13.0. The van der Waals surface area contributed by atoms with Crippen molar-refractivity contribution in [2.24, 2.45) is 5.92 Å². The zero-order valence-electron chi connectivity index (χ0n) is 30.7. The number of hydrogen-bond acceptors (Lipinski definition) is 8. The molecule has 1 aromatic carbocycles. The van der Waals surface area contributed by atoms with Crippen molar-refractivity contribution in [2.45, 2.75) is 108 Å². The summed E-state index contributed by atoms with van der Waals surface area (Å²) in [6, 6.07) is 10.5. The van der Waals surface area contributed by atoms with Crippen LogP contribution in [-0.2, 0) is 15.0 Å². The van der Waals surface area contributed by atoms with E-state index < -0.39 is 17.3 Å².